The highest BCUT2D eigenvalue weighted by Gasteiger charge is 2.56. The molecule has 2 aromatic carbocycles. The van der Waals surface area contributed by atoms with Crippen molar-refractivity contribution in [2.24, 2.45) is 58.7 Å². The van der Waals surface area contributed by atoms with Gasteiger partial charge in [0.15, 0.2) is 23.0 Å². The van der Waals surface area contributed by atoms with Crippen molar-refractivity contribution in [3.63, 3.8) is 0 Å². The van der Waals surface area contributed by atoms with Gasteiger partial charge in [-0.25, -0.2) is 0 Å². The number of nitrogens with one attached hydrogen (secondary N) is 2. The molecule has 2 aromatic rings. The van der Waals surface area contributed by atoms with Crippen molar-refractivity contribution in [2.45, 2.75) is 126 Å². The fraction of sp³-hybridized carbons (Fsp3) is 0.732. The monoisotopic (exact) mass is 1160 g/mol. The molecular weight excluding hydrogens is 1090 g/mol. The first-order chi connectivity index (χ1) is 36.8. The van der Waals surface area contributed by atoms with E-state index in [1.807, 2.05) is 38.4 Å². The molecule has 1 spiro atoms. The number of hydrogen-bond acceptors (Lipinski definition) is 19. The summed E-state index contributed by atoms with van der Waals surface area (Å²) in [6.45, 7) is 3.11. The van der Waals surface area contributed by atoms with Gasteiger partial charge >= 0.3 is 0 Å². The molecule has 9 rings (SSSR count). The van der Waals surface area contributed by atoms with Gasteiger partial charge in [0.1, 0.15) is 6.79 Å². The van der Waals surface area contributed by atoms with E-state index in [2.05, 4.69) is 29.4 Å². The van der Waals surface area contributed by atoms with E-state index in [1.54, 1.807) is 29.0 Å². The molecule has 0 radical (unpaired) electrons. The van der Waals surface area contributed by atoms with Crippen molar-refractivity contribution in [2.75, 3.05) is 69.5 Å². The van der Waals surface area contributed by atoms with E-state index in [0.29, 0.717) is 67.0 Å². The summed E-state index contributed by atoms with van der Waals surface area (Å²) in [5.74, 6) is 13.6. The second-order valence-electron chi connectivity index (χ2n) is 22.5. The predicted octanol–water partition coefficient (Wildman–Crippen LogP) is 7.87. The molecule has 20 heteroatoms. The van der Waals surface area contributed by atoms with E-state index in [0.717, 1.165) is 73.5 Å². The number of aromatic hydroxyl groups is 2. The molecule has 1 amide bonds. The van der Waals surface area contributed by atoms with E-state index >= 15 is 0 Å². The third-order valence-electron chi connectivity index (χ3n) is 17.9. The summed E-state index contributed by atoms with van der Waals surface area (Å²) < 4.78 is 23.9. The Balaban J connectivity index is 1.02. The van der Waals surface area contributed by atoms with Crippen LogP contribution in [0.2, 0.25) is 0 Å². The second-order valence-corrected chi connectivity index (χ2v) is 30.2. The highest BCUT2D eigenvalue weighted by atomic mass is 33.1. The van der Waals surface area contributed by atoms with Gasteiger partial charge in [0.2, 0.25) is 11.7 Å². The smallest absolute Gasteiger partial charge is 0.224 e. The van der Waals surface area contributed by atoms with E-state index in [4.69, 9.17) is 18.9 Å². The van der Waals surface area contributed by atoms with Crippen LogP contribution in [0.15, 0.2) is 24.3 Å². The van der Waals surface area contributed by atoms with Crippen LogP contribution in [0.3, 0.4) is 0 Å². The maximum absolute atomic E-state index is 13.2. The number of aliphatic hydroxyl groups is 5. The number of benzene rings is 2. The lowest BCUT2D eigenvalue weighted by molar-refractivity contribution is -0.123. The Labute approximate surface area is 473 Å². The zero-order valence-corrected chi connectivity index (χ0v) is 48.9. The molecule has 14 nitrogen and oxygen atoms in total. The summed E-state index contributed by atoms with van der Waals surface area (Å²) in [6, 6.07) is 7.32. The zero-order chi connectivity index (χ0) is 53.5. The molecule has 0 aromatic heterocycles. The molecule has 5 heterocycles. The van der Waals surface area contributed by atoms with Gasteiger partial charge in [0, 0.05) is 82.9 Å². The Morgan fingerprint density at radius 3 is 2.32 bits per heavy atom. The molecule has 4 bridgehead atoms. The lowest BCUT2D eigenvalue weighted by Crippen LogP contribution is -2.55. The minimum atomic E-state index is -1.04. The van der Waals surface area contributed by atoms with E-state index < -0.39 is 37.1 Å². The largest absolute Gasteiger partial charge is 0.504 e. The maximum atomic E-state index is 13.2. The van der Waals surface area contributed by atoms with Crippen LogP contribution in [-0.4, -0.2) is 148 Å². The number of aliphatic hydroxyl groups excluding tert-OH is 5. The third kappa shape index (κ3) is 13.6. The molecule has 4 fully saturated rings. The van der Waals surface area contributed by atoms with Gasteiger partial charge in [0.05, 0.1) is 50.7 Å². The number of phenols is 2. The summed E-state index contributed by atoms with van der Waals surface area (Å²) in [6.07, 6.45) is 4.33. The van der Waals surface area contributed by atoms with Gasteiger partial charge in [-0.2, -0.15) is 0 Å². The Bertz CT molecular complexity index is 2310. The number of phenolic OH excluding ortho intramolecular Hbond substituents is 2. The highest BCUT2D eigenvalue weighted by Crippen LogP contribution is 2.60. The summed E-state index contributed by atoms with van der Waals surface area (Å²) >= 11 is 0. The van der Waals surface area contributed by atoms with Crippen LogP contribution in [0, 0.1) is 70.5 Å². The van der Waals surface area contributed by atoms with Crippen LogP contribution < -0.4 is 24.8 Å². The van der Waals surface area contributed by atoms with E-state index in [9.17, 15) is 40.5 Å². The number of hydrogen-bond donors (Lipinski definition) is 9. The van der Waals surface area contributed by atoms with E-state index in [-0.39, 0.29) is 107 Å². The highest BCUT2D eigenvalue weighted by molar-refractivity contribution is 8.77. The lowest BCUT2D eigenvalue weighted by Gasteiger charge is -2.56. The lowest BCUT2D eigenvalue weighted by atomic mass is 9.48. The number of carbonyl (C=O) groups is 1. The minimum absolute atomic E-state index is 0.0273. The number of methoxy groups -OCH3 is 2. The Morgan fingerprint density at radius 2 is 1.54 bits per heavy atom. The molecular formula is C56H80N2O12S6. The van der Waals surface area contributed by atoms with Gasteiger partial charge in [-0.05, 0) is 148 Å². The average Bonchev–Trinajstić information content (AvgIpc) is 3.85. The van der Waals surface area contributed by atoms with Crippen LogP contribution in [0.4, 0.5) is 0 Å². The van der Waals surface area contributed by atoms with Crippen molar-refractivity contribution in [3.8, 4) is 40.6 Å². The Hall–Kier alpha value is -1.71. The van der Waals surface area contributed by atoms with Gasteiger partial charge in [-0.1, -0.05) is 83.5 Å². The van der Waals surface area contributed by atoms with Gasteiger partial charge in [0.25, 0.3) is 0 Å². The van der Waals surface area contributed by atoms with Gasteiger partial charge in [-0.15, -0.1) is 0 Å². The minimum Gasteiger partial charge on any atom is -0.504 e. The number of fused-ring (bicyclic) bond motifs is 3. The fourth-order valence-corrected chi connectivity index (χ4v) is 22.4. The molecule has 9 N–H and O–H groups in total. The summed E-state index contributed by atoms with van der Waals surface area (Å²) in [7, 11) is 13.4. The normalized spacial score (nSPS) is 37.6. The number of ether oxygens (including phenoxy) is 4. The molecule has 2 saturated carbocycles. The van der Waals surface area contributed by atoms with Crippen molar-refractivity contribution in [1.29, 1.82) is 0 Å². The Kier molecular flexibility index (Phi) is 21.2. The second kappa shape index (κ2) is 27.4. The fourth-order valence-electron chi connectivity index (χ4n) is 14.1. The molecule has 5 aliphatic heterocycles. The molecule has 0 unspecified atom stereocenters. The van der Waals surface area contributed by atoms with Crippen LogP contribution in [-0.2, 0) is 22.4 Å². The summed E-state index contributed by atoms with van der Waals surface area (Å²) in [5, 5.41) is 86.0. The topological polar surface area (TPSA) is 220 Å². The number of carbonyl (C=O) groups excluding carboxylic acids is 1. The Morgan fingerprint density at radius 1 is 0.763 bits per heavy atom. The van der Waals surface area contributed by atoms with Gasteiger partial charge < -0.3 is 65.3 Å². The summed E-state index contributed by atoms with van der Waals surface area (Å²) in [5.41, 5.74) is 2.14. The predicted molar refractivity (Wildman–Crippen MR) is 309 cm³/mol. The molecule has 17 atom stereocenters. The summed E-state index contributed by atoms with van der Waals surface area (Å²) in [4.78, 5) is 13.2. The van der Waals surface area contributed by atoms with Crippen molar-refractivity contribution in [3.05, 3.63) is 41.0 Å². The van der Waals surface area contributed by atoms with Crippen LogP contribution in [0.25, 0.3) is 0 Å². The standard InChI is InChI=1S/C56H80N2O12S6/c1-31-14-35-26-72-71-25-32-10-12-56(22-31)43(35)8-9-46(61)41-24-58-55(66)42(41)27-73-74-28-45(57-23-32)38-7-6-37(19-44(38)56)70-50-18-34-4-5-36(69-30-60)20-47(62)40(15-33-16-51(67-2)54(65)52(17-33)68-3)49(64)29-75-76-53(11-13-59)39(34)21-48(50)63/h16-18,21,31-32,35-38,40-47,49,53,57,59-65H,4-9,11,13-15,19-20,22-30H2,1-3H3,(H,58,66)/t31-,32-,35-,36+,37-,38+,40+,41-,42+,43+,44+,45-,46-,47-,49+,53+,56+/m1/s1. The number of amides is 1. The van der Waals surface area contributed by atoms with Crippen LogP contribution in [0.1, 0.15) is 93.1 Å². The number of rotatable bonds is 10. The first-order valence-electron chi connectivity index (χ1n) is 27.5. The molecule has 422 valence electrons. The molecule has 76 heavy (non-hydrogen) atoms. The first-order valence-corrected chi connectivity index (χ1v) is 34.8. The van der Waals surface area contributed by atoms with Crippen LogP contribution in [0.5, 0.6) is 28.7 Å². The SMILES string of the molecule is COc1cc(C[C@H]2[C@H](O)C[C@@H](OCO)CCc3cc(O[C@@H]4CC[C@@H]5[C@H]6CSSC[C@@H]7C(=O)NC[C@H]7[C@H](O)CC[C@H]7[C@H]8CSSC[C@H](C#C[C@@]7(C[C@H](C)C8)[C@H]5C4)CN6)c(O)cc3[C@H](CCO)SSC[C@@H]2O)cc(OC)c1O. The number of aryl methyl sites for hydroxylation is 1. The van der Waals surface area contributed by atoms with Crippen LogP contribution >= 0.6 is 64.8 Å². The molecule has 2 saturated heterocycles. The van der Waals surface area contributed by atoms with Gasteiger partial charge in [-0.3, -0.25) is 4.79 Å². The average molecular weight is 1170 g/mol. The maximum Gasteiger partial charge on any atom is 0.224 e. The van der Waals surface area contributed by atoms with Crippen molar-refractivity contribution in [1.82, 2.24) is 10.6 Å². The van der Waals surface area contributed by atoms with Crippen molar-refractivity contribution < 1.29 is 59.5 Å². The molecule has 7 aliphatic rings. The third-order valence-corrected chi connectivity index (χ3v) is 25.8. The molecule has 2 aliphatic carbocycles. The quantitative estimate of drug-likeness (QED) is 0.0628. The zero-order valence-electron chi connectivity index (χ0n) is 44.0. The first kappa shape index (κ1) is 58.9. The van der Waals surface area contributed by atoms with Crippen molar-refractivity contribution >= 4 is 70.7 Å². The van der Waals surface area contributed by atoms with E-state index in [1.165, 1.54) is 35.8 Å².